The van der Waals surface area contributed by atoms with Crippen molar-refractivity contribution in [3.63, 3.8) is 0 Å². The van der Waals surface area contributed by atoms with Crippen LogP contribution in [0.1, 0.15) is 39.0 Å². The number of ether oxygens (including phenoxy) is 1. The van der Waals surface area contributed by atoms with Gasteiger partial charge in [-0.1, -0.05) is 13.8 Å². The van der Waals surface area contributed by atoms with Crippen molar-refractivity contribution in [2.75, 3.05) is 26.2 Å². The second kappa shape index (κ2) is 7.27. The molecule has 0 spiro atoms. The molecule has 2 heterocycles. The third-order valence-electron chi connectivity index (χ3n) is 3.85. The van der Waals surface area contributed by atoms with E-state index < -0.39 is 0 Å². The van der Waals surface area contributed by atoms with Gasteiger partial charge in [-0.3, -0.25) is 4.90 Å². The van der Waals surface area contributed by atoms with Crippen LogP contribution in [0.25, 0.3) is 0 Å². The van der Waals surface area contributed by atoms with Crippen molar-refractivity contribution in [3.8, 4) is 5.88 Å². The molecule has 21 heavy (non-hydrogen) atoms. The third kappa shape index (κ3) is 4.20. The van der Waals surface area contributed by atoms with Gasteiger partial charge in [0.2, 0.25) is 5.88 Å². The minimum absolute atomic E-state index is 0.556. The summed E-state index contributed by atoms with van der Waals surface area (Å²) in [5.74, 6) is 1.53. The molecule has 1 aromatic heterocycles. The SMILES string of the molecule is CCOc1c(CN2CCNC(C)C2)c(C)nn1CC(C)C. The molecule has 1 saturated heterocycles. The predicted molar refractivity (Wildman–Crippen MR) is 85.7 cm³/mol. The van der Waals surface area contributed by atoms with E-state index in [9.17, 15) is 0 Å². The fourth-order valence-corrected chi connectivity index (χ4v) is 2.93. The van der Waals surface area contributed by atoms with E-state index >= 15 is 0 Å². The molecule has 1 aromatic rings. The predicted octanol–water partition coefficient (Wildman–Crippen LogP) is 2.04. The topological polar surface area (TPSA) is 42.3 Å². The minimum atomic E-state index is 0.556. The second-order valence-corrected chi connectivity index (χ2v) is 6.47. The smallest absolute Gasteiger partial charge is 0.216 e. The number of nitrogens with one attached hydrogen (secondary N) is 1. The number of piperazine rings is 1. The Morgan fingerprint density at radius 1 is 1.43 bits per heavy atom. The number of aryl methyl sites for hydroxylation is 1. The van der Waals surface area contributed by atoms with Gasteiger partial charge < -0.3 is 10.1 Å². The Hall–Kier alpha value is -1.07. The molecule has 2 rings (SSSR count). The first-order valence-corrected chi connectivity index (χ1v) is 8.16. The molecule has 5 heteroatoms. The highest BCUT2D eigenvalue weighted by Crippen LogP contribution is 2.25. The summed E-state index contributed by atoms with van der Waals surface area (Å²) in [5.41, 5.74) is 2.36. The molecule has 0 saturated carbocycles. The van der Waals surface area contributed by atoms with Crippen LogP contribution in [0.4, 0.5) is 0 Å². The van der Waals surface area contributed by atoms with Crippen LogP contribution in [0.15, 0.2) is 0 Å². The molecular formula is C16H30N4O. The number of hydrogen-bond donors (Lipinski definition) is 1. The van der Waals surface area contributed by atoms with Crippen LogP contribution in [-0.4, -0.2) is 47.0 Å². The van der Waals surface area contributed by atoms with Crippen molar-refractivity contribution in [2.45, 2.75) is 53.8 Å². The van der Waals surface area contributed by atoms with Crippen LogP contribution in [0.2, 0.25) is 0 Å². The first-order chi connectivity index (χ1) is 10.0. The summed E-state index contributed by atoms with van der Waals surface area (Å²) in [7, 11) is 0. The molecule has 1 fully saturated rings. The molecule has 0 aliphatic carbocycles. The Balaban J connectivity index is 2.18. The summed E-state index contributed by atoms with van der Waals surface area (Å²) in [6.45, 7) is 16.6. The Bertz CT molecular complexity index is 455. The molecule has 1 N–H and O–H groups in total. The van der Waals surface area contributed by atoms with E-state index in [0.29, 0.717) is 18.6 Å². The highest BCUT2D eigenvalue weighted by Gasteiger charge is 2.22. The zero-order chi connectivity index (χ0) is 15.4. The van der Waals surface area contributed by atoms with E-state index in [1.807, 2.05) is 11.6 Å². The van der Waals surface area contributed by atoms with Gasteiger partial charge in [0.15, 0.2) is 0 Å². The molecule has 5 nitrogen and oxygen atoms in total. The second-order valence-electron chi connectivity index (χ2n) is 6.47. The Morgan fingerprint density at radius 2 is 2.19 bits per heavy atom. The number of rotatable bonds is 6. The summed E-state index contributed by atoms with van der Waals surface area (Å²) in [4.78, 5) is 2.49. The first kappa shape index (κ1) is 16.3. The lowest BCUT2D eigenvalue weighted by atomic mass is 10.2. The lowest BCUT2D eigenvalue weighted by molar-refractivity contribution is 0.195. The largest absolute Gasteiger partial charge is 0.478 e. The molecule has 0 radical (unpaired) electrons. The van der Waals surface area contributed by atoms with Crippen molar-refractivity contribution in [1.29, 1.82) is 0 Å². The van der Waals surface area contributed by atoms with Crippen LogP contribution >= 0.6 is 0 Å². The van der Waals surface area contributed by atoms with Gasteiger partial charge in [-0.25, -0.2) is 4.68 Å². The van der Waals surface area contributed by atoms with Crippen molar-refractivity contribution in [1.82, 2.24) is 20.0 Å². The number of aromatic nitrogens is 2. The van der Waals surface area contributed by atoms with Crippen LogP contribution in [0.5, 0.6) is 5.88 Å². The molecular weight excluding hydrogens is 264 g/mol. The van der Waals surface area contributed by atoms with Crippen LogP contribution in [0.3, 0.4) is 0 Å². The van der Waals surface area contributed by atoms with E-state index in [1.54, 1.807) is 0 Å². The van der Waals surface area contributed by atoms with Gasteiger partial charge in [-0.2, -0.15) is 5.10 Å². The van der Waals surface area contributed by atoms with Gasteiger partial charge in [0.25, 0.3) is 0 Å². The maximum atomic E-state index is 5.92. The molecule has 1 aliphatic rings. The van der Waals surface area contributed by atoms with Gasteiger partial charge in [-0.05, 0) is 26.7 Å². The highest BCUT2D eigenvalue weighted by molar-refractivity contribution is 5.31. The maximum absolute atomic E-state index is 5.92. The fraction of sp³-hybridized carbons (Fsp3) is 0.812. The average Bonchev–Trinajstić information content (AvgIpc) is 2.67. The molecule has 1 unspecified atom stereocenters. The summed E-state index contributed by atoms with van der Waals surface area (Å²) in [6.07, 6.45) is 0. The third-order valence-corrected chi connectivity index (χ3v) is 3.85. The van der Waals surface area contributed by atoms with Gasteiger partial charge in [0.1, 0.15) is 0 Å². The number of nitrogens with zero attached hydrogens (tertiary/aromatic N) is 3. The summed E-state index contributed by atoms with van der Waals surface area (Å²) < 4.78 is 7.96. The Kier molecular flexibility index (Phi) is 5.65. The van der Waals surface area contributed by atoms with Gasteiger partial charge >= 0.3 is 0 Å². The van der Waals surface area contributed by atoms with Crippen molar-refractivity contribution in [3.05, 3.63) is 11.3 Å². The standard InChI is InChI=1S/C16H30N4O/c1-6-21-16-15(11-19-8-7-17-13(4)10-19)14(5)18-20(16)9-12(2)3/h12-13,17H,6-11H2,1-5H3. The Labute approximate surface area is 128 Å². The normalized spacial score (nSPS) is 20.2. The van der Waals surface area contributed by atoms with Crippen molar-refractivity contribution < 1.29 is 4.74 Å². The zero-order valence-electron chi connectivity index (χ0n) is 14.1. The molecule has 0 aromatic carbocycles. The van der Waals surface area contributed by atoms with Gasteiger partial charge in [0, 0.05) is 38.8 Å². The van der Waals surface area contributed by atoms with E-state index in [-0.39, 0.29) is 0 Å². The molecule has 0 amide bonds. The molecule has 1 aliphatic heterocycles. The van der Waals surface area contributed by atoms with E-state index in [1.165, 1.54) is 5.56 Å². The molecule has 1 atom stereocenters. The summed E-state index contributed by atoms with van der Waals surface area (Å²) in [6, 6.07) is 0.556. The molecule has 0 bridgehead atoms. The summed E-state index contributed by atoms with van der Waals surface area (Å²) in [5, 5.41) is 8.19. The first-order valence-electron chi connectivity index (χ1n) is 8.16. The average molecular weight is 294 g/mol. The van der Waals surface area contributed by atoms with E-state index in [2.05, 4.69) is 37.9 Å². The van der Waals surface area contributed by atoms with Gasteiger partial charge in [0.05, 0.1) is 17.9 Å². The lowest BCUT2D eigenvalue weighted by Crippen LogP contribution is -2.48. The Morgan fingerprint density at radius 3 is 2.81 bits per heavy atom. The van der Waals surface area contributed by atoms with Crippen LogP contribution < -0.4 is 10.1 Å². The van der Waals surface area contributed by atoms with Crippen LogP contribution in [-0.2, 0) is 13.1 Å². The van der Waals surface area contributed by atoms with Crippen molar-refractivity contribution >= 4 is 0 Å². The van der Waals surface area contributed by atoms with E-state index in [0.717, 1.165) is 44.3 Å². The maximum Gasteiger partial charge on any atom is 0.216 e. The van der Waals surface area contributed by atoms with Crippen LogP contribution in [0, 0.1) is 12.8 Å². The van der Waals surface area contributed by atoms with Crippen molar-refractivity contribution in [2.24, 2.45) is 5.92 Å². The minimum Gasteiger partial charge on any atom is -0.478 e. The highest BCUT2D eigenvalue weighted by atomic mass is 16.5. The lowest BCUT2D eigenvalue weighted by Gasteiger charge is -2.31. The molecule has 120 valence electrons. The van der Waals surface area contributed by atoms with E-state index in [4.69, 9.17) is 9.84 Å². The monoisotopic (exact) mass is 294 g/mol. The zero-order valence-corrected chi connectivity index (χ0v) is 14.1. The van der Waals surface area contributed by atoms with Gasteiger partial charge in [-0.15, -0.1) is 0 Å². The summed E-state index contributed by atoms with van der Waals surface area (Å²) >= 11 is 0. The quantitative estimate of drug-likeness (QED) is 0.872. The number of hydrogen-bond acceptors (Lipinski definition) is 4. The fourth-order valence-electron chi connectivity index (χ4n) is 2.93.